The average Bonchev–Trinajstić information content (AvgIpc) is 2.85. The van der Waals surface area contributed by atoms with E-state index in [1.807, 2.05) is 22.9 Å². The second-order valence-electron chi connectivity index (χ2n) is 4.07. The fourth-order valence-electron chi connectivity index (χ4n) is 1.73. The average molecular weight is 389 g/mol. The van der Waals surface area contributed by atoms with Gasteiger partial charge in [-0.15, -0.1) is 0 Å². The van der Waals surface area contributed by atoms with Crippen LogP contribution in [0.3, 0.4) is 0 Å². The van der Waals surface area contributed by atoms with Gasteiger partial charge in [0.1, 0.15) is 18.7 Å². The van der Waals surface area contributed by atoms with Crippen molar-refractivity contribution >= 4 is 31.9 Å². The van der Waals surface area contributed by atoms with Gasteiger partial charge >= 0.3 is 0 Å². The summed E-state index contributed by atoms with van der Waals surface area (Å²) in [5, 5.41) is 4.94. The summed E-state index contributed by atoms with van der Waals surface area (Å²) >= 11 is 6.92. The first-order valence-corrected chi connectivity index (χ1v) is 8.00. The molecule has 1 heterocycles. The van der Waals surface area contributed by atoms with E-state index in [9.17, 15) is 0 Å². The van der Waals surface area contributed by atoms with E-state index in [4.69, 9.17) is 4.74 Å². The Morgan fingerprint density at radius 3 is 2.95 bits per heavy atom. The number of benzene rings is 1. The molecule has 0 N–H and O–H groups in total. The monoisotopic (exact) mass is 387 g/mol. The Morgan fingerprint density at radius 1 is 1.37 bits per heavy atom. The van der Waals surface area contributed by atoms with Crippen LogP contribution in [0.1, 0.15) is 24.7 Å². The normalized spacial score (nSPS) is 10.7. The maximum atomic E-state index is 5.84. The molecule has 19 heavy (non-hydrogen) atoms. The van der Waals surface area contributed by atoms with Crippen LogP contribution in [0, 0.1) is 0 Å². The van der Waals surface area contributed by atoms with Crippen molar-refractivity contribution in [2.75, 3.05) is 0 Å². The summed E-state index contributed by atoms with van der Waals surface area (Å²) in [6, 6.07) is 5.97. The topological polar surface area (TPSA) is 39.9 Å². The van der Waals surface area contributed by atoms with E-state index in [2.05, 4.69) is 48.9 Å². The second-order valence-corrected chi connectivity index (χ2v) is 5.55. The zero-order valence-corrected chi connectivity index (χ0v) is 13.8. The van der Waals surface area contributed by atoms with E-state index < -0.39 is 0 Å². The summed E-state index contributed by atoms with van der Waals surface area (Å²) in [4.78, 5) is 4.23. The van der Waals surface area contributed by atoms with Crippen molar-refractivity contribution in [3.8, 4) is 5.75 Å². The first-order valence-electron chi connectivity index (χ1n) is 6.08. The predicted octanol–water partition coefficient (Wildman–Crippen LogP) is 3.92. The fourth-order valence-corrected chi connectivity index (χ4v) is 2.58. The minimum absolute atomic E-state index is 0.432. The Kier molecular flexibility index (Phi) is 5.39. The van der Waals surface area contributed by atoms with Gasteiger partial charge in [0.2, 0.25) is 0 Å². The molecule has 0 bridgehead atoms. The van der Waals surface area contributed by atoms with Crippen molar-refractivity contribution in [1.29, 1.82) is 0 Å². The number of rotatable bonds is 6. The Bertz CT molecular complexity index is 542. The molecule has 2 aromatic rings. The Morgan fingerprint density at radius 2 is 2.21 bits per heavy atom. The van der Waals surface area contributed by atoms with Crippen molar-refractivity contribution in [1.82, 2.24) is 14.8 Å². The minimum atomic E-state index is 0.432. The van der Waals surface area contributed by atoms with Crippen LogP contribution >= 0.6 is 31.9 Å². The molecule has 0 fully saturated rings. The number of alkyl halides is 1. The molecule has 4 nitrogen and oxygen atoms in total. The van der Waals surface area contributed by atoms with Crippen LogP contribution < -0.4 is 4.74 Å². The standard InChI is InChI=1S/C13H15Br2N3O/c1-2-5-18-13(16-9-17-18)8-19-12-4-3-11(15)6-10(12)7-14/h3-4,6,9H,2,5,7-8H2,1H3. The molecule has 0 saturated carbocycles. The smallest absolute Gasteiger partial charge is 0.164 e. The Labute approximate surface area is 129 Å². The van der Waals surface area contributed by atoms with Gasteiger partial charge in [0.05, 0.1) is 0 Å². The van der Waals surface area contributed by atoms with Gasteiger partial charge < -0.3 is 4.74 Å². The Hall–Kier alpha value is -0.880. The lowest BCUT2D eigenvalue weighted by Crippen LogP contribution is -2.09. The molecule has 0 spiro atoms. The van der Waals surface area contributed by atoms with Crippen LogP contribution in [0.25, 0.3) is 0 Å². The Balaban J connectivity index is 2.07. The summed E-state index contributed by atoms with van der Waals surface area (Å²) in [7, 11) is 0. The molecule has 0 aliphatic carbocycles. The zero-order valence-electron chi connectivity index (χ0n) is 10.6. The summed E-state index contributed by atoms with van der Waals surface area (Å²) in [5.41, 5.74) is 1.11. The summed E-state index contributed by atoms with van der Waals surface area (Å²) in [5.74, 6) is 1.72. The molecule has 1 aromatic carbocycles. The number of aryl methyl sites for hydroxylation is 1. The lowest BCUT2D eigenvalue weighted by atomic mass is 10.2. The van der Waals surface area contributed by atoms with Gasteiger partial charge in [0.25, 0.3) is 0 Å². The number of aromatic nitrogens is 3. The lowest BCUT2D eigenvalue weighted by Gasteiger charge is -2.10. The summed E-state index contributed by atoms with van der Waals surface area (Å²) < 4.78 is 8.77. The molecule has 102 valence electrons. The van der Waals surface area contributed by atoms with Gasteiger partial charge in [-0.05, 0) is 24.6 Å². The highest BCUT2D eigenvalue weighted by atomic mass is 79.9. The first-order chi connectivity index (χ1) is 9.24. The molecule has 0 saturated heterocycles. The quantitative estimate of drug-likeness (QED) is 0.704. The largest absolute Gasteiger partial charge is 0.485 e. The van der Waals surface area contributed by atoms with Gasteiger partial charge in [-0.25, -0.2) is 9.67 Å². The lowest BCUT2D eigenvalue weighted by molar-refractivity contribution is 0.284. The second kappa shape index (κ2) is 7.05. The number of nitrogens with zero attached hydrogens (tertiary/aromatic N) is 3. The van der Waals surface area contributed by atoms with Crippen LogP contribution in [0.4, 0.5) is 0 Å². The highest BCUT2D eigenvalue weighted by Crippen LogP contribution is 2.25. The van der Waals surface area contributed by atoms with E-state index >= 15 is 0 Å². The van der Waals surface area contributed by atoms with E-state index in [1.165, 1.54) is 0 Å². The molecular weight excluding hydrogens is 374 g/mol. The number of hydrogen-bond acceptors (Lipinski definition) is 3. The van der Waals surface area contributed by atoms with Crippen molar-refractivity contribution in [2.45, 2.75) is 31.8 Å². The van der Waals surface area contributed by atoms with Crippen LogP contribution in [-0.2, 0) is 18.5 Å². The molecule has 0 aliphatic rings. The first kappa shape index (κ1) is 14.5. The molecule has 2 rings (SSSR count). The molecule has 0 aliphatic heterocycles. The van der Waals surface area contributed by atoms with Crippen LogP contribution in [0.2, 0.25) is 0 Å². The van der Waals surface area contributed by atoms with Gasteiger partial charge in [0.15, 0.2) is 5.82 Å². The van der Waals surface area contributed by atoms with Crippen molar-refractivity contribution in [3.63, 3.8) is 0 Å². The van der Waals surface area contributed by atoms with Gasteiger partial charge in [0, 0.05) is 21.9 Å². The molecule has 0 amide bonds. The van der Waals surface area contributed by atoms with E-state index in [1.54, 1.807) is 6.33 Å². The molecule has 0 radical (unpaired) electrons. The number of hydrogen-bond donors (Lipinski definition) is 0. The SMILES string of the molecule is CCCn1ncnc1COc1ccc(Br)cc1CBr. The summed E-state index contributed by atoms with van der Waals surface area (Å²) in [6.45, 7) is 3.41. The molecule has 6 heteroatoms. The van der Waals surface area contributed by atoms with Crippen molar-refractivity contribution < 1.29 is 4.74 Å². The van der Waals surface area contributed by atoms with Crippen LogP contribution in [-0.4, -0.2) is 14.8 Å². The summed E-state index contributed by atoms with van der Waals surface area (Å²) in [6.07, 6.45) is 2.60. The maximum absolute atomic E-state index is 5.84. The van der Waals surface area contributed by atoms with E-state index in [0.717, 1.165) is 39.9 Å². The van der Waals surface area contributed by atoms with Crippen LogP contribution in [0.15, 0.2) is 29.0 Å². The van der Waals surface area contributed by atoms with E-state index in [-0.39, 0.29) is 0 Å². The van der Waals surface area contributed by atoms with Gasteiger partial charge in [-0.2, -0.15) is 5.10 Å². The number of halogens is 2. The van der Waals surface area contributed by atoms with Crippen molar-refractivity contribution in [2.24, 2.45) is 0 Å². The molecule has 1 aromatic heterocycles. The highest BCUT2D eigenvalue weighted by molar-refractivity contribution is 9.10. The third kappa shape index (κ3) is 3.79. The fraction of sp³-hybridized carbons (Fsp3) is 0.385. The van der Waals surface area contributed by atoms with Crippen molar-refractivity contribution in [3.05, 3.63) is 40.4 Å². The third-order valence-corrected chi connectivity index (χ3v) is 3.75. The highest BCUT2D eigenvalue weighted by Gasteiger charge is 2.07. The maximum Gasteiger partial charge on any atom is 0.164 e. The third-order valence-electron chi connectivity index (χ3n) is 2.65. The molecule has 0 atom stereocenters. The van der Waals surface area contributed by atoms with Gasteiger partial charge in [-0.1, -0.05) is 38.8 Å². The molecular formula is C13H15Br2N3O. The van der Waals surface area contributed by atoms with Crippen LogP contribution in [0.5, 0.6) is 5.75 Å². The number of ether oxygens (including phenoxy) is 1. The predicted molar refractivity (Wildman–Crippen MR) is 81.4 cm³/mol. The minimum Gasteiger partial charge on any atom is -0.485 e. The zero-order chi connectivity index (χ0) is 13.7. The van der Waals surface area contributed by atoms with E-state index in [0.29, 0.717) is 6.61 Å². The van der Waals surface area contributed by atoms with Gasteiger partial charge in [-0.3, -0.25) is 0 Å². The molecule has 0 unspecified atom stereocenters.